The Morgan fingerprint density at radius 1 is 0.846 bits per heavy atom. The Morgan fingerprint density at radius 3 is 2.08 bits per heavy atom. The minimum Gasteiger partial charge on any atom is -0.443 e. The van der Waals surface area contributed by atoms with E-state index < -0.39 is 51.4 Å². The summed E-state index contributed by atoms with van der Waals surface area (Å²) in [7, 11) is 0. The molecule has 0 aliphatic carbocycles. The SMILES string of the molecule is CC(C)(C)OC(=O)N1C(=O)[C@@H]2[C@@H](c3ccccc3[N+](=O)[O-])[C@H](c3ccc([N+](=O)[O-])cc3)N[C@@H]2c2ccccc21. The summed E-state index contributed by atoms with van der Waals surface area (Å²) in [6, 6.07) is 17.8. The van der Waals surface area contributed by atoms with Crippen molar-refractivity contribution >= 4 is 29.1 Å². The van der Waals surface area contributed by atoms with Gasteiger partial charge in [0.1, 0.15) is 5.60 Å². The van der Waals surface area contributed by atoms with E-state index in [1.54, 1.807) is 75.4 Å². The summed E-state index contributed by atoms with van der Waals surface area (Å²) in [6.45, 7) is 5.10. The number of anilines is 1. The Labute approximate surface area is 223 Å². The molecular formula is C28H26N4O7. The Kier molecular flexibility index (Phi) is 6.39. The molecule has 2 heterocycles. The van der Waals surface area contributed by atoms with E-state index in [9.17, 15) is 29.8 Å². The number of hydrogen-bond donors (Lipinski definition) is 1. The number of carbonyl (C=O) groups excluding carboxylic acids is 2. The molecule has 1 saturated heterocycles. The predicted octanol–water partition coefficient (Wildman–Crippen LogP) is 5.57. The average Bonchev–Trinajstić information content (AvgIpc) is 3.29. The number of non-ortho nitro benzene ring substituents is 1. The summed E-state index contributed by atoms with van der Waals surface area (Å²) in [5, 5.41) is 26.8. The van der Waals surface area contributed by atoms with E-state index in [1.165, 1.54) is 18.2 Å². The first-order valence-electron chi connectivity index (χ1n) is 12.4. The van der Waals surface area contributed by atoms with Crippen LogP contribution in [0.4, 0.5) is 21.9 Å². The molecule has 2 aliphatic heterocycles. The fourth-order valence-electron chi connectivity index (χ4n) is 5.53. The van der Waals surface area contributed by atoms with Gasteiger partial charge < -0.3 is 10.1 Å². The molecule has 200 valence electrons. The highest BCUT2D eigenvalue weighted by Crippen LogP contribution is 2.55. The molecule has 4 atom stereocenters. The van der Waals surface area contributed by atoms with Crippen molar-refractivity contribution < 1.29 is 24.2 Å². The zero-order valence-corrected chi connectivity index (χ0v) is 21.4. The number of rotatable bonds is 4. The molecule has 11 heteroatoms. The number of ether oxygens (including phenoxy) is 1. The van der Waals surface area contributed by atoms with Gasteiger partial charge in [-0.3, -0.25) is 25.0 Å². The first-order valence-corrected chi connectivity index (χ1v) is 12.4. The summed E-state index contributed by atoms with van der Waals surface area (Å²) in [5.41, 5.74) is 0.851. The first-order chi connectivity index (χ1) is 18.5. The van der Waals surface area contributed by atoms with Crippen LogP contribution in [0.1, 0.15) is 55.5 Å². The van der Waals surface area contributed by atoms with Gasteiger partial charge in [-0.05, 0) is 38.0 Å². The monoisotopic (exact) mass is 530 g/mol. The third-order valence-corrected chi connectivity index (χ3v) is 7.01. The van der Waals surface area contributed by atoms with Crippen molar-refractivity contribution in [1.82, 2.24) is 5.32 Å². The number of nitro benzene ring substituents is 2. The minimum absolute atomic E-state index is 0.103. The van der Waals surface area contributed by atoms with Gasteiger partial charge in [0.2, 0.25) is 5.91 Å². The lowest BCUT2D eigenvalue weighted by atomic mass is 9.75. The van der Waals surface area contributed by atoms with Gasteiger partial charge >= 0.3 is 6.09 Å². The number of nitro groups is 2. The van der Waals surface area contributed by atoms with Crippen molar-refractivity contribution in [2.24, 2.45) is 5.92 Å². The van der Waals surface area contributed by atoms with E-state index >= 15 is 0 Å². The van der Waals surface area contributed by atoms with Crippen LogP contribution in [-0.4, -0.2) is 27.4 Å². The molecule has 0 unspecified atom stereocenters. The molecule has 0 bridgehead atoms. The number of amides is 2. The van der Waals surface area contributed by atoms with Crippen molar-refractivity contribution in [3.63, 3.8) is 0 Å². The zero-order valence-electron chi connectivity index (χ0n) is 21.4. The van der Waals surface area contributed by atoms with Gasteiger partial charge in [-0.25, -0.2) is 9.69 Å². The predicted molar refractivity (Wildman–Crippen MR) is 141 cm³/mol. The molecule has 5 rings (SSSR count). The minimum atomic E-state index is -0.909. The fourth-order valence-corrected chi connectivity index (χ4v) is 5.53. The number of imide groups is 1. The highest BCUT2D eigenvalue weighted by molar-refractivity contribution is 6.15. The van der Waals surface area contributed by atoms with Crippen molar-refractivity contribution in [1.29, 1.82) is 0 Å². The topological polar surface area (TPSA) is 145 Å². The summed E-state index contributed by atoms with van der Waals surface area (Å²) < 4.78 is 5.58. The van der Waals surface area contributed by atoms with Crippen LogP contribution in [0.5, 0.6) is 0 Å². The first kappa shape index (κ1) is 26.0. The van der Waals surface area contributed by atoms with Gasteiger partial charge in [0.05, 0.1) is 21.5 Å². The third kappa shape index (κ3) is 4.61. The zero-order chi connectivity index (χ0) is 28.1. The molecule has 0 saturated carbocycles. The van der Waals surface area contributed by atoms with E-state index in [4.69, 9.17) is 4.74 Å². The van der Waals surface area contributed by atoms with Crippen LogP contribution in [0.3, 0.4) is 0 Å². The smallest absolute Gasteiger partial charge is 0.421 e. The number of fused-ring (bicyclic) bond motifs is 3. The fraction of sp³-hybridized carbons (Fsp3) is 0.286. The largest absolute Gasteiger partial charge is 0.443 e. The van der Waals surface area contributed by atoms with Crippen LogP contribution in [-0.2, 0) is 9.53 Å². The van der Waals surface area contributed by atoms with Crippen molar-refractivity contribution in [3.8, 4) is 0 Å². The van der Waals surface area contributed by atoms with Gasteiger partial charge in [0, 0.05) is 41.8 Å². The number of benzene rings is 3. The summed E-state index contributed by atoms with van der Waals surface area (Å²) in [6.07, 6.45) is -0.835. The van der Waals surface area contributed by atoms with Crippen LogP contribution in [0.25, 0.3) is 0 Å². The van der Waals surface area contributed by atoms with E-state index in [2.05, 4.69) is 5.32 Å². The molecule has 1 fully saturated rings. The van der Waals surface area contributed by atoms with Gasteiger partial charge in [-0.2, -0.15) is 0 Å². The second-order valence-electron chi connectivity index (χ2n) is 10.6. The van der Waals surface area contributed by atoms with Crippen molar-refractivity contribution in [3.05, 3.63) is 110 Å². The maximum absolute atomic E-state index is 14.2. The Bertz CT molecular complexity index is 1480. The maximum Gasteiger partial charge on any atom is 0.421 e. The number of nitrogens with one attached hydrogen (secondary N) is 1. The second-order valence-corrected chi connectivity index (χ2v) is 10.6. The Balaban J connectivity index is 1.69. The van der Waals surface area contributed by atoms with Gasteiger partial charge in [-0.15, -0.1) is 0 Å². The lowest BCUT2D eigenvalue weighted by Crippen LogP contribution is -2.49. The van der Waals surface area contributed by atoms with Crippen LogP contribution >= 0.6 is 0 Å². The number of carbonyl (C=O) groups is 2. The number of nitrogens with zero attached hydrogens (tertiary/aromatic N) is 3. The molecule has 2 aliphatic rings. The quantitative estimate of drug-likeness (QED) is 0.340. The highest BCUT2D eigenvalue weighted by atomic mass is 16.6. The van der Waals surface area contributed by atoms with Crippen molar-refractivity contribution in [2.75, 3.05) is 4.90 Å². The molecule has 0 radical (unpaired) electrons. The van der Waals surface area contributed by atoms with Crippen LogP contribution in [0.2, 0.25) is 0 Å². The van der Waals surface area contributed by atoms with Crippen molar-refractivity contribution in [2.45, 2.75) is 44.4 Å². The van der Waals surface area contributed by atoms with Gasteiger partial charge in [0.15, 0.2) is 0 Å². The summed E-state index contributed by atoms with van der Waals surface area (Å²) in [5.74, 6) is -2.23. The highest BCUT2D eigenvalue weighted by Gasteiger charge is 2.56. The summed E-state index contributed by atoms with van der Waals surface area (Å²) in [4.78, 5) is 50.8. The van der Waals surface area contributed by atoms with E-state index in [0.717, 1.165) is 4.90 Å². The average molecular weight is 531 g/mol. The van der Waals surface area contributed by atoms with E-state index in [0.29, 0.717) is 22.4 Å². The van der Waals surface area contributed by atoms with Crippen LogP contribution in [0.15, 0.2) is 72.8 Å². The maximum atomic E-state index is 14.2. The number of hydrogen-bond acceptors (Lipinski definition) is 8. The summed E-state index contributed by atoms with van der Waals surface area (Å²) >= 11 is 0. The van der Waals surface area contributed by atoms with Crippen LogP contribution < -0.4 is 10.2 Å². The molecular weight excluding hydrogens is 504 g/mol. The molecule has 11 nitrogen and oxygen atoms in total. The molecule has 0 spiro atoms. The van der Waals surface area contributed by atoms with E-state index in [1.807, 2.05) is 0 Å². The Morgan fingerprint density at radius 2 is 1.46 bits per heavy atom. The standard InChI is InChI=1S/C28H26N4O7/c1-28(2,3)39-27(34)30-20-10-6-5-9-19(20)25-23(26(30)33)22(18-8-4-7-11-21(18)32(37)38)24(29-25)16-12-14-17(15-13-16)31(35)36/h4-15,22-25,29H,1-3H3/t22-,23-,24+,25-/m1/s1. The number of para-hydroxylation sites is 2. The normalized spacial score (nSPS) is 22.1. The van der Waals surface area contributed by atoms with Gasteiger partial charge in [0.25, 0.3) is 11.4 Å². The lowest BCUT2D eigenvalue weighted by Gasteiger charge is -2.37. The lowest BCUT2D eigenvalue weighted by molar-refractivity contribution is -0.385. The Hall–Kier alpha value is -4.64. The molecule has 39 heavy (non-hydrogen) atoms. The second kappa shape index (κ2) is 9.59. The molecule has 1 N–H and O–H groups in total. The molecule has 0 aromatic heterocycles. The molecule has 2 amide bonds. The molecule has 3 aromatic carbocycles. The van der Waals surface area contributed by atoms with Gasteiger partial charge in [-0.1, -0.05) is 48.5 Å². The van der Waals surface area contributed by atoms with Crippen LogP contribution in [0, 0.1) is 26.1 Å². The van der Waals surface area contributed by atoms with E-state index in [-0.39, 0.29) is 11.4 Å². The third-order valence-electron chi connectivity index (χ3n) is 7.01. The molecule has 3 aromatic rings.